The lowest BCUT2D eigenvalue weighted by atomic mass is 9.97. The van der Waals surface area contributed by atoms with Crippen molar-refractivity contribution in [3.8, 4) is 17.1 Å². The van der Waals surface area contributed by atoms with E-state index in [1.165, 1.54) is 12.8 Å². The summed E-state index contributed by atoms with van der Waals surface area (Å²) in [4.78, 5) is 12.9. The summed E-state index contributed by atoms with van der Waals surface area (Å²) >= 11 is 0. The van der Waals surface area contributed by atoms with E-state index in [2.05, 4.69) is 26.1 Å². The van der Waals surface area contributed by atoms with Gasteiger partial charge in [-0.15, -0.1) is 10.2 Å². The number of rotatable bonds is 5. The molecule has 33 heavy (non-hydrogen) atoms. The van der Waals surface area contributed by atoms with E-state index in [1.807, 2.05) is 61.5 Å². The number of aromatic nitrogens is 3. The van der Waals surface area contributed by atoms with Gasteiger partial charge in [-0.1, -0.05) is 30.7 Å². The van der Waals surface area contributed by atoms with Crippen molar-refractivity contribution < 1.29 is 9.53 Å². The first-order valence-electron chi connectivity index (χ1n) is 11.5. The minimum atomic E-state index is -0.275. The fourth-order valence-corrected chi connectivity index (χ4v) is 4.44. The van der Waals surface area contributed by atoms with E-state index >= 15 is 0 Å². The van der Waals surface area contributed by atoms with Crippen LogP contribution in [0.2, 0.25) is 0 Å². The quantitative estimate of drug-likeness (QED) is 0.440. The second-order valence-corrected chi connectivity index (χ2v) is 8.66. The molecular formula is C27H28N4O2. The van der Waals surface area contributed by atoms with Crippen molar-refractivity contribution in [3.05, 3.63) is 72.1 Å². The summed E-state index contributed by atoms with van der Waals surface area (Å²) in [5.74, 6) is 2.50. The predicted octanol–water partition coefficient (Wildman–Crippen LogP) is 5.58. The van der Waals surface area contributed by atoms with Crippen molar-refractivity contribution in [3.63, 3.8) is 0 Å². The summed E-state index contributed by atoms with van der Waals surface area (Å²) in [6.45, 7) is 2.89. The molecule has 0 aliphatic carbocycles. The summed E-state index contributed by atoms with van der Waals surface area (Å²) in [5, 5.41) is 14.0. The number of hydrogen-bond donors (Lipinski definition) is 1. The maximum absolute atomic E-state index is 12.9. The normalized spacial score (nSPS) is 14.4. The highest BCUT2D eigenvalue weighted by Gasteiger charge is 2.18. The highest BCUT2D eigenvalue weighted by atomic mass is 16.5. The molecule has 0 unspecified atom stereocenters. The van der Waals surface area contributed by atoms with E-state index in [9.17, 15) is 4.79 Å². The Labute approximate surface area is 193 Å². The van der Waals surface area contributed by atoms with Gasteiger partial charge in [-0.05, 0) is 72.5 Å². The van der Waals surface area contributed by atoms with Gasteiger partial charge < -0.3 is 14.6 Å². The number of hydrogen-bond acceptors (Lipinski definition) is 4. The molecule has 0 spiro atoms. The Morgan fingerprint density at radius 1 is 0.970 bits per heavy atom. The van der Waals surface area contributed by atoms with Crippen molar-refractivity contribution in [2.75, 3.05) is 12.4 Å². The van der Waals surface area contributed by atoms with Crippen LogP contribution in [0.4, 0.5) is 5.69 Å². The number of nitrogens with zero attached hydrogens (tertiary/aromatic N) is 3. The van der Waals surface area contributed by atoms with Crippen molar-refractivity contribution >= 4 is 22.4 Å². The molecule has 0 saturated heterocycles. The number of amides is 1. The smallest absolute Gasteiger partial charge is 0.231 e. The molecule has 1 aromatic heterocycles. The van der Waals surface area contributed by atoms with E-state index in [1.54, 1.807) is 7.11 Å². The van der Waals surface area contributed by atoms with Crippen molar-refractivity contribution in [1.82, 2.24) is 14.8 Å². The van der Waals surface area contributed by atoms with Crippen LogP contribution in [0.3, 0.4) is 0 Å². The molecule has 1 atom stereocenters. The van der Waals surface area contributed by atoms with Crippen LogP contribution in [-0.2, 0) is 17.8 Å². The molecule has 3 aromatic carbocycles. The van der Waals surface area contributed by atoms with Gasteiger partial charge in [-0.3, -0.25) is 4.79 Å². The number of carbonyl (C=O) groups is 1. The highest BCUT2D eigenvalue weighted by Crippen LogP contribution is 2.27. The molecule has 1 aliphatic heterocycles. The zero-order valence-electron chi connectivity index (χ0n) is 19.0. The van der Waals surface area contributed by atoms with E-state index < -0.39 is 0 Å². The van der Waals surface area contributed by atoms with Gasteiger partial charge in [-0.25, -0.2) is 0 Å². The SMILES string of the molecule is COc1ccc2cc([C@H](C)C(=O)Nc3ccc(-c4nnc5n4CCCCC5)cc3)ccc2c1. The Bertz CT molecular complexity index is 1290. The Balaban J connectivity index is 1.30. The molecule has 5 rings (SSSR count). The maximum atomic E-state index is 12.9. The third-order valence-electron chi connectivity index (χ3n) is 6.48. The Kier molecular flexibility index (Phi) is 5.82. The molecule has 0 radical (unpaired) electrons. The number of fused-ring (bicyclic) bond motifs is 2. The number of ether oxygens (including phenoxy) is 1. The lowest BCUT2D eigenvalue weighted by Gasteiger charge is -2.14. The number of nitrogens with one attached hydrogen (secondary N) is 1. The standard InChI is InChI=1S/C27H28N4O2/c1-18(20-7-8-22-17-24(33-2)14-11-21(22)16-20)27(32)28-23-12-9-19(10-13-23)26-30-29-25-6-4-3-5-15-31(25)26/h7-14,16-18H,3-6,15H2,1-2H3,(H,28,32)/t18-/m0/s1. The number of aryl methyl sites for hydroxylation is 1. The molecule has 1 N–H and O–H groups in total. The topological polar surface area (TPSA) is 69.0 Å². The summed E-state index contributed by atoms with van der Waals surface area (Å²) < 4.78 is 7.53. The molecule has 168 valence electrons. The van der Waals surface area contributed by atoms with Crippen LogP contribution in [0.25, 0.3) is 22.2 Å². The highest BCUT2D eigenvalue weighted by molar-refractivity contribution is 5.96. The number of carbonyl (C=O) groups excluding carboxylic acids is 1. The van der Waals surface area contributed by atoms with Crippen LogP contribution < -0.4 is 10.1 Å². The fourth-order valence-electron chi connectivity index (χ4n) is 4.44. The molecule has 0 saturated carbocycles. The van der Waals surface area contributed by atoms with Gasteiger partial charge >= 0.3 is 0 Å². The Morgan fingerprint density at radius 3 is 2.58 bits per heavy atom. The fraction of sp³-hybridized carbons (Fsp3) is 0.296. The van der Waals surface area contributed by atoms with E-state index in [0.717, 1.165) is 64.4 Å². The van der Waals surface area contributed by atoms with Crippen molar-refractivity contribution in [1.29, 1.82) is 0 Å². The molecule has 1 amide bonds. The summed E-state index contributed by atoms with van der Waals surface area (Å²) in [6.07, 6.45) is 4.55. The minimum absolute atomic E-state index is 0.0352. The monoisotopic (exact) mass is 440 g/mol. The van der Waals surface area contributed by atoms with Crippen molar-refractivity contribution in [2.45, 2.75) is 45.1 Å². The lowest BCUT2D eigenvalue weighted by Crippen LogP contribution is -2.18. The average molecular weight is 441 g/mol. The third-order valence-corrected chi connectivity index (χ3v) is 6.48. The number of methoxy groups -OCH3 is 1. The molecule has 0 bridgehead atoms. The van der Waals surface area contributed by atoms with Crippen LogP contribution in [0.15, 0.2) is 60.7 Å². The summed E-state index contributed by atoms with van der Waals surface area (Å²) in [5.41, 5.74) is 2.77. The van der Waals surface area contributed by atoms with Gasteiger partial charge in [0.2, 0.25) is 5.91 Å². The second kappa shape index (κ2) is 9.06. The average Bonchev–Trinajstić information content (AvgIpc) is 3.11. The Morgan fingerprint density at radius 2 is 1.76 bits per heavy atom. The first-order valence-corrected chi connectivity index (χ1v) is 11.5. The van der Waals surface area contributed by atoms with Gasteiger partial charge in [0.1, 0.15) is 11.6 Å². The zero-order valence-corrected chi connectivity index (χ0v) is 19.0. The summed E-state index contributed by atoms with van der Waals surface area (Å²) in [7, 11) is 1.66. The lowest BCUT2D eigenvalue weighted by molar-refractivity contribution is -0.117. The van der Waals surface area contributed by atoms with Gasteiger partial charge in [0, 0.05) is 24.2 Å². The van der Waals surface area contributed by atoms with Crippen molar-refractivity contribution in [2.24, 2.45) is 0 Å². The predicted molar refractivity (Wildman–Crippen MR) is 131 cm³/mol. The first kappa shape index (κ1) is 21.2. The van der Waals surface area contributed by atoms with Gasteiger partial charge in [0.25, 0.3) is 0 Å². The van der Waals surface area contributed by atoms with Crippen LogP contribution in [0, 0.1) is 0 Å². The third kappa shape index (κ3) is 4.33. The largest absolute Gasteiger partial charge is 0.497 e. The molecule has 1 aliphatic rings. The van der Waals surface area contributed by atoms with E-state index in [4.69, 9.17) is 4.74 Å². The first-order chi connectivity index (χ1) is 16.1. The van der Waals surface area contributed by atoms with Crippen LogP contribution >= 0.6 is 0 Å². The molecule has 0 fully saturated rings. The van der Waals surface area contributed by atoms with E-state index in [0.29, 0.717) is 0 Å². The maximum Gasteiger partial charge on any atom is 0.231 e. The summed E-state index contributed by atoms with van der Waals surface area (Å²) in [6, 6.07) is 19.9. The van der Waals surface area contributed by atoms with Crippen LogP contribution in [0.5, 0.6) is 5.75 Å². The molecule has 6 nitrogen and oxygen atoms in total. The van der Waals surface area contributed by atoms with Gasteiger partial charge in [-0.2, -0.15) is 0 Å². The molecule has 4 aromatic rings. The molecule has 2 heterocycles. The van der Waals surface area contributed by atoms with E-state index in [-0.39, 0.29) is 11.8 Å². The number of benzene rings is 3. The Hall–Kier alpha value is -3.67. The van der Waals surface area contributed by atoms with Gasteiger partial charge in [0.05, 0.1) is 13.0 Å². The molecular weight excluding hydrogens is 412 g/mol. The number of anilines is 1. The zero-order chi connectivity index (χ0) is 22.8. The van der Waals surface area contributed by atoms with Crippen LogP contribution in [0.1, 0.15) is 43.5 Å². The molecule has 6 heteroatoms. The van der Waals surface area contributed by atoms with Crippen LogP contribution in [-0.4, -0.2) is 27.8 Å². The van der Waals surface area contributed by atoms with Gasteiger partial charge in [0.15, 0.2) is 5.82 Å². The second-order valence-electron chi connectivity index (χ2n) is 8.66. The minimum Gasteiger partial charge on any atom is -0.497 e.